The molecule has 0 saturated heterocycles. The molecule has 0 radical (unpaired) electrons. The monoisotopic (exact) mass is 519 g/mol. The Bertz CT molecular complexity index is 1360. The van der Waals surface area contributed by atoms with Crippen LogP contribution in [0.15, 0.2) is 41.3 Å². The summed E-state index contributed by atoms with van der Waals surface area (Å²) in [6.45, 7) is 3.67. The summed E-state index contributed by atoms with van der Waals surface area (Å²) in [6.07, 6.45) is 3.08. The van der Waals surface area contributed by atoms with Gasteiger partial charge >= 0.3 is 7.60 Å². The van der Waals surface area contributed by atoms with Crippen molar-refractivity contribution in [2.45, 2.75) is 51.5 Å². The predicted octanol–water partition coefficient (Wildman–Crippen LogP) is 3.62. The molecule has 36 heavy (non-hydrogen) atoms. The van der Waals surface area contributed by atoms with Crippen molar-refractivity contribution in [1.82, 2.24) is 14.9 Å². The largest absolute Gasteiger partial charge is 0.505 e. The highest BCUT2D eigenvalue weighted by Crippen LogP contribution is 2.37. The molecule has 0 spiro atoms. The van der Waals surface area contributed by atoms with Gasteiger partial charge in [-0.25, -0.2) is 4.39 Å². The number of benzene rings is 1. The van der Waals surface area contributed by atoms with Crippen LogP contribution in [0.2, 0.25) is 0 Å². The van der Waals surface area contributed by atoms with Crippen molar-refractivity contribution in [3.63, 3.8) is 0 Å². The Labute approximate surface area is 208 Å². The molecule has 0 atom stereocenters. The van der Waals surface area contributed by atoms with Crippen LogP contribution in [0.4, 0.5) is 4.39 Å². The minimum Gasteiger partial charge on any atom is -0.505 e. The quantitative estimate of drug-likeness (QED) is 0.300. The van der Waals surface area contributed by atoms with E-state index in [9.17, 15) is 23.7 Å². The number of hydrogen-bond acceptors (Lipinski definition) is 5. The van der Waals surface area contributed by atoms with E-state index in [4.69, 9.17) is 9.79 Å². The van der Waals surface area contributed by atoms with E-state index in [-0.39, 0.29) is 23.9 Å². The molecule has 1 amide bonds. The number of hydrogen-bond donors (Lipinski definition) is 4. The van der Waals surface area contributed by atoms with E-state index in [1.165, 1.54) is 29.9 Å². The van der Waals surface area contributed by atoms with Gasteiger partial charge in [-0.05, 0) is 61.4 Å². The third-order valence-corrected chi connectivity index (χ3v) is 7.55. The molecule has 2 heterocycles. The summed E-state index contributed by atoms with van der Waals surface area (Å²) in [5.41, 5.74) is 0.0709. The van der Waals surface area contributed by atoms with E-state index < -0.39 is 35.9 Å². The first-order valence-corrected chi connectivity index (χ1v) is 13.5. The zero-order valence-electron chi connectivity index (χ0n) is 20.5. The number of aryl methyl sites for hydroxylation is 1. The summed E-state index contributed by atoms with van der Waals surface area (Å²) in [5, 5.41) is 13.7. The van der Waals surface area contributed by atoms with Crippen LogP contribution in [0.5, 0.6) is 5.75 Å². The van der Waals surface area contributed by atoms with Crippen LogP contribution in [0.1, 0.15) is 61.0 Å². The summed E-state index contributed by atoms with van der Waals surface area (Å²) >= 11 is 0. The minimum atomic E-state index is -4.17. The molecule has 9 nitrogen and oxygen atoms in total. The van der Waals surface area contributed by atoms with Gasteiger partial charge in [0, 0.05) is 24.9 Å². The van der Waals surface area contributed by atoms with E-state index in [1.54, 1.807) is 18.2 Å². The highest BCUT2D eigenvalue weighted by atomic mass is 31.2. The number of halogens is 1. The second-order valence-corrected chi connectivity index (χ2v) is 10.8. The maximum Gasteiger partial charge on any atom is 0.325 e. The lowest BCUT2D eigenvalue weighted by atomic mass is 9.87. The molecule has 1 aromatic carbocycles. The molecule has 3 aromatic rings. The van der Waals surface area contributed by atoms with Crippen LogP contribution in [0.3, 0.4) is 0 Å². The summed E-state index contributed by atoms with van der Waals surface area (Å²) in [4.78, 5) is 49.0. The maximum absolute atomic E-state index is 13.2. The summed E-state index contributed by atoms with van der Waals surface area (Å²) in [7, 11) is -2.69. The Morgan fingerprint density at radius 2 is 1.81 bits per heavy atom. The smallest absolute Gasteiger partial charge is 0.325 e. The third-order valence-electron chi connectivity index (χ3n) is 6.65. The van der Waals surface area contributed by atoms with Gasteiger partial charge in [0.05, 0.1) is 5.52 Å². The fourth-order valence-electron chi connectivity index (χ4n) is 4.34. The van der Waals surface area contributed by atoms with Gasteiger partial charge in [-0.3, -0.25) is 19.1 Å². The van der Waals surface area contributed by atoms with Crippen molar-refractivity contribution < 1.29 is 28.6 Å². The zero-order valence-corrected chi connectivity index (χ0v) is 21.4. The molecule has 0 aliphatic heterocycles. The van der Waals surface area contributed by atoms with Crippen molar-refractivity contribution in [1.29, 1.82) is 0 Å². The van der Waals surface area contributed by atoms with Crippen molar-refractivity contribution in [2.24, 2.45) is 7.05 Å². The Hall–Kier alpha value is -3.07. The van der Waals surface area contributed by atoms with Gasteiger partial charge in [-0.1, -0.05) is 26.0 Å². The van der Waals surface area contributed by atoms with E-state index in [2.05, 4.69) is 10.3 Å². The zero-order chi connectivity index (χ0) is 26.7. The Morgan fingerprint density at radius 1 is 1.17 bits per heavy atom. The lowest BCUT2D eigenvalue weighted by Gasteiger charge is -2.33. The highest BCUT2D eigenvalue weighted by Gasteiger charge is 2.32. The molecule has 3 rings (SSSR count). The summed E-state index contributed by atoms with van der Waals surface area (Å²) in [5.74, 6) is -1.65. The lowest BCUT2D eigenvalue weighted by molar-refractivity contribution is 0.0880. The molecule has 194 valence electrons. The third kappa shape index (κ3) is 6.19. The first-order chi connectivity index (χ1) is 16.9. The molecule has 0 unspecified atom stereocenters. The molecule has 2 aromatic heterocycles. The summed E-state index contributed by atoms with van der Waals surface area (Å²) < 4.78 is 25.7. The average molecular weight is 520 g/mol. The molecule has 4 N–H and O–H groups in total. The van der Waals surface area contributed by atoms with E-state index >= 15 is 0 Å². The fourth-order valence-corrected chi connectivity index (χ4v) is 4.91. The molecule has 11 heteroatoms. The van der Waals surface area contributed by atoms with Crippen molar-refractivity contribution in [2.75, 3.05) is 6.16 Å². The maximum atomic E-state index is 13.2. The van der Waals surface area contributed by atoms with Crippen LogP contribution >= 0.6 is 7.60 Å². The van der Waals surface area contributed by atoms with Gasteiger partial charge in [0.1, 0.15) is 16.9 Å². The van der Waals surface area contributed by atoms with Crippen LogP contribution in [-0.4, -0.2) is 42.1 Å². The number of amides is 1. The molecule has 0 aliphatic rings. The molecule has 0 bridgehead atoms. The van der Waals surface area contributed by atoms with E-state index in [0.29, 0.717) is 31.2 Å². The molecular formula is C25H31FN3O6P. The highest BCUT2D eigenvalue weighted by molar-refractivity contribution is 7.51. The average Bonchev–Trinajstić information content (AvgIpc) is 2.82. The number of carbonyl (C=O) groups is 1. The number of aromatic hydroxyl groups is 1. The second-order valence-electron chi connectivity index (χ2n) is 9.04. The van der Waals surface area contributed by atoms with Crippen LogP contribution in [0.25, 0.3) is 11.0 Å². The first kappa shape index (κ1) is 27.5. The van der Waals surface area contributed by atoms with Gasteiger partial charge in [0.25, 0.3) is 11.5 Å². The van der Waals surface area contributed by atoms with Gasteiger partial charge in [0.15, 0.2) is 5.75 Å². The predicted molar refractivity (Wildman–Crippen MR) is 135 cm³/mol. The molecule has 0 fully saturated rings. The molecule has 0 saturated carbocycles. The topological polar surface area (TPSA) is 142 Å². The van der Waals surface area contributed by atoms with Gasteiger partial charge in [0.2, 0.25) is 0 Å². The number of nitrogens with one attached hydrogen (secondary N) is 1. The standard InChI is InChI=1S/C25H31FN3O6P/c1-4-25(5-2,11-6-12-36(33,34)35)28-23(31)20-22(30)21-19(29(3)24(20)32)14-17(15-27-21)13-16-7-9-18(26)10-8-16/h7-10,14-15,30H,4-6,11-13H2,1-3H3,(H,28,31)(H2,33,34,35). The molecule has 0 aliphatic carbocycles. The summed E-state index contributed by atoms with van der Waals surface area (Å²) in [6, 6.07) is 7.71. The van der Waals surface area contributed by atoms with Crippen molar-refractivity contribution >= 4 is 24.5 Å². The van der Waals surface area contributed by atoms with Crippen molar-refractivity contribution in [3.05, 3.63) is 69.4 Å². The second kappa shape index (κ2) is 10.9. The number of carbonyl (C=O) groups excluding carboxylic acids is 1. The van der Waals surface area contributed by atoms with Crippen LogP contribution in [0, 0.1) is 5.82 Å². The van der Waals surface area contributed by atoms with Gasteiger partial charge in [-0.15, -0.1) is 0 Å². The molecular weight excluding hydrogens is 488 g/mol. The first-order valence-electron chi connectivity index (χ1n) is 11.7. The van der Waals surface area contributed by atoms with Gasteiger partial charge < -0.3 is 24.8 Å². The number of pyridine rings is 2. The number of aromatic nitrogens is 2. The Kier molecular flexibility index (Phi) is 8.33. The van der Waals surface area contributed by atoms with E-state index in [0.717, 1.165) is 11.1 Å². The SMILES string of the molecule is CCC(CC)(CCCP(=O)(O)O)NC(=O)c1c(O)c2ncc(Cc3ccc(F)cc3)cc2n(C)c1=O. The van der Waals surface area contributed by atoms with Crippen LogP contribution < -0.4 is 10.9 Å². The minimum absolute atomic E-state index is 0.0882. The van der Waals surface area contributed by atoms with E-state index in [1.807, 2.05) is 13.8 Å². The van der Waals surface area contributed by atoms with Crippen molar-refractivity contribution in [3.8, 4) is 5.75 Å². The Balaban J connectivity index is 1.93. The van der Waals surface area contributed by atoms with Crippen LogP contribution in [-0.2, 0) is 18.0 Å². The number of rotatable bonds is 10. The number of fused-ring (bicyclic) bond motifs is 1. The Morgan fingerprint density at radius 3 is 2.39 bits per heavy atom. The fraction of sp³-hybridized carbons (Fsp3) is 0.400. The number of nitrogens with zero attached hydrogens (tertiary/aromatic N) is 2. The van der Waals surface area contributed by atoms with Gasteiger partial charge in [-0.2, -0.15) is 0 Å². The normalized spacial score (nSPS) is 12.2. The lowest BCUT2D eigenvalue weighted by Crippen LogP contribution is -2.49.